The van der Waals surface area contributed by atoms with Crippen molar-refractivity contribution < 1.29 is 27.4 Å². The number of carbonyl (C=O) groups is 1. The number of piperidine rings is 1. The number of amides is 1. The molecule has 1 N–H and O–H groups in total. The molecule has 174 valence electrons. The largest absolute Gasteiger partial charge is 0.495 e. The molecule has 0 aromatic heterocycles. The predicted octanol–water partition coefficient (Wildman–Crippen LogP) is 3.80. The van der Waals surface area contributed by atoms with Crippen LogP contribution in [0.3, 0.4) is 0 Å². The van der Waals surface area contributed by atoms with Crippen LogP contribution in [0.1, 0.15) is 19.8 Å². The lowest BCUT2D eigenvalue weighted by atomic mass is 9.97. The highest BCUT2D eigenvalue weighted by Gasteiger charge is 2.32. The predicted molar refractivity (Wildman–Crippen MR) is 122 cm³/mol. The van der Waals surface area contributed by atoms with Crippen LogP contribution in [0.2, 0.25) is 5.02 Å². The highest BCUT2D eigenvalue weighted by molar-refractivity contribution is 7.89. The zero-order chi connectivity index (χ0) is 23.3. The number of nitrogens with one attached hydrogen (secondary N) is 1. The van der Waals surface area contributed by atoms with Crippen molar-refractivity contribution in [1.82, 2.24) is 4.31 Å². The van der Waals surface area contributed by atoms with Gasteiger partial charge in [0.05, 0.1) is 36.4 Å². The molecule has 1 amide bonds. The first kappa shape index (κ1) is 24.2. The molecule has 0 spiro atoms. The monoisotopic (exact) mass is 482 g/mol. The minimum Gasteiger partial charge on any atom is -0.495 e. The second kappa shape index (κ2) is 10.4. The maximum atomic E-state index is 13.0. The van der Waals surface area contributed by atoms with Gasteiger partial charge in [0.25, 0.3) is 0 Å². The van der Waals surface area contributed by atoms with Crippen molar-refractivity contribution in [1.29, 1.82) is 0 Å². The van der Waals surface area contributed by atoms with E-state index in [0.717, 1.165) is 0 Å². The van der Waals surface area contributed by atoms with Crippen molar-refractivity contribution in [3.05, 3.63) is 41.4 Å². The Hall–Kier alpha value is -2.49. The van der Waals surface area contributed by atoms with Gasteiger partial charge >= 0.3 is 0 Å². The SMILES string of the molecule is CCOc1ccc(S(=O)(=O)N2CCC(C(=O)Nc3cc(OC)c(Cl)cc3OC)CC2)cc1. The number of hydrogen-bond donors (Lipinski definition) is 1. The van der Waals surface area contributed by atoms with Crippen molar-refractivity contribution in [2.75, 3.05) is 39.2 Å². The number of carbonyl (C=O) groups excluding carboxylic acids is 1. The summed E-state index contributed by atoms with van der Waals surface area (Å²) in [5.41, 5.74) is 0.447. The van der Waals surface area contributed by atoms with Gasteiger partial charge in [-0.1, -0.05) is 11.6 Å². The summed E-state index contributed by atoms with van der Waals surface area (Å²) in [4.78, 5) is 13.0. The van der Waals surface area contributed by atoms with Crippen molar-refractivity contribution in [2.45, 2.75) is 24.7 Å². The Balaban J connectivity index is 1.64. The first-order valence-corrected chi connectivity index (χ1v) is 12.1. The topological polar surface area (TPSA) is 94.2 Å². The third kappa shape index (κ3) is 5.28. The molecule has 1 aliphatic heterocycles. The number of halogens is 1. The third-order valence-corrected chi connectivity index (χ3v) is 7.54. The van der Waals surface area contributed by atoms with E-state index in [-0.39, 0.29) is 29.8 Å². The van der Waals surface area contributed by atoms with E-state index in [9.17, 15) is 13.2 Å². The van der Waals surface area contributed by atoms with Gasteiger partial charge in [0.15, 0.2) is 0 Å². The summed E-state index contributed by atoms with van der Waals surface area (Å²) >= 11 is 6.11. The van der Waals surface area contributed by atoms with Gasteiger partial charge in [0, 0.05) is 31.1 Å². The molecule has 0 aliphatic carbocycles. The number of sulfonamides is 1. The lowest BCUT2D eigenvalue weighted by Crippen LogP contribution is -2.41. The number of hydrogen-bond acceptors (Lipinski definition) is 6. The summed E-state index contributed by atoms with van der Waals surface area (Å²) in [7, 11) is -0.661. The molecule has 1 heterocycles. The first-order chi connectivity index (χ1) is 15.3. The minimum atomic E-state index is -3.63. The summed E-state index contributed by atoms with van der Waals surface area (Å²) in [6, 6.07) is 9.54. The Morgan fingerprint density at radius 2 is 1.72 bits per heavy atom. The Labute approximate surface area is 193 Å². The van der Waals surface area contributed by atoms with Crippen LogP contribution in [0.4, 0.5) is 5.69 Å². The average Bonchev–Trinajstić information content (AvgIpc) is 2.80. The van der Waals surface area contributed by atoms with Gasteiger partial charge in [0.2, 0.25) is 15.9 Å². The molecule has 1 fully saturated rings. The fraction of sp³-hybridized carbons (Fsp3) is 0.409. The molecule has 0 radical (unpaired) electrons. The quantitative estimate of drug-likeness (QED) is 0.615. The maximum absolute atomic E-state index is 13.0. The number of methoxy groups -OCH3 is 2. The molecule has 32 heavy (non-hydrogen) atoms. The molecule has 0 unspecified atom stereocenters. The molecule has 0 bridgehead atoms. The molecule has 10 heteroatoms. The van der Waals surface area contributed by atoms with Gasteiger partial charge < -0.3 is 19.5 Å². The molecular formula is C22H27ClN2O6S. The van der Waals surface area contributed by atoms with Crippen molar-refractivity contribution in [3.8, 4) is 17.2 Å². The summed E-state index contributed by atoms with van der Waals surface area (Å²) in [6.07, 6.45) is 0.824. The van der Waals surface area contributed by atoms with E-state index < -0.39 is 10.0 Å². The number of rotatable bonds is 8. The van der Waals surface area contributed by atoms with E-state index in [1.165, 1.54) is 18.5 Å². The van der Waals surface area contributed by atoms with Crippen LogP contribution in [-0.2, 0) is 14.8 Å². The van der Waals surface area contributed by atoms with Crippen LogP contribution < -0.4 is 19.5 Å². The number of ether oxygens (including phenoxy) is 3. The number of anilines is 1. The normalized spacial score (nSPS) is 15.2. The Morgan fingerprint density at radius 1 is 1.09 bits per heavy atom. The molecule has 2 aromatic rings. The lowest BCUT2D eigenvalue weighted by Gasteiger charge is -2.30. The second-order valence-corrected chi connectivity index (χ2v) is 9.60. The highest BCUT2D eigenvalue weighted by Crippen LogP contribution is 2.36. The highest BCUT2D eigenvalue weighted by atomic mass is 35.5. The van der Waals surface area contributed by atoms with Crippen molar-refractivity contribution >= 4 is 33.2 Å². The van der Waals surface area contributed by atoms with Gasteiger partial charge in [-0.25, -0.2) is 8.42 Å². The fourth-order valence-electron chi connectivity index (χ4n) is 3.57. The van der Waals surface area contributed by atoms with Gasteiger partial charge in [0.1, 0.15) is 17.2 Å². The summed E-state index contributed by atoms with van der Waals surface area (Å²) in [6.45, 7) is 2.89. The number of benzene rings is 2. The molecule has 8 nitrogen and oxygen atoms in total. The van der Waals surface area contributed by atoms with Crippen molar-refractivity contribution in [2.24, 2.45) is 5.92 Å². The Morgan fingerprint density at radius 3 is 2.28 bits per heavy atom. The molecule has 3 rings (SSSR count). The van der Waals surface area contributed by atoms with E-state index in [0.29, 0.717) is 47.4 Å². The second-order valence-electron chi connectivity index (χ2n) is 7.26. The Kier molecular flexibility index (Phi) is 7.86. The van der Waals surface area contributed by atoms with Crippen molar-refractivity contribution in [3.63, 3.8) is 0 Å². The fourth-order valence-corrected chi connectivity index (χ4v) is 5.28. The summed E-state index contributed by atoms with van der Waals surface area (Å²) < 4.78 is 43.2. The van der Waals surface area contributed by atoms with E-state index in [4.69, 9.17) is 25.8 Å². The van der Waals surface area contributed by atoms with Gasteiger partial charge in [-0.05, 0) is 44.0 Å². The van der Waals surface area contributed by atoms with E-state index >= 15 is 0 Å². The van der Waals surface area contributed by atoms with Crippen LogP contribution in [-0.4, -0.2) is 52.5 Å². The minimum absolute atomic E-state index is 0.203. The van der Waals surface area contributed by atoms with E-state index in [2.05, 4.69) is 5.32 Å². The van der Waals surface area contributed by atoms with Gasteiger partial charge in [-0.3, -0.25) is 4.79 Å². The van der Waals surface area contributed by atoms with E-state index in [1.54, 1.807) is 36.4 Å². The van der Waals surface area contributed by atoms with E-state index in [1.807, 2.05) is 6.92 Å². The first-order valence-electron chi connectivity index (χ1n) is 10.3. The molecule has 1 saturated heterocycles. The van der Waals surface area contributed by atoms with Gasteiger partial charge in [-0.2, -0.15) is 4.31 Å². The smallest absolute Gasteiger partial charge is 0.243 e. The van der Waals surface area contributed by atoms with Crippen LogP contribution >= 0.6 is 11.6 Å². The number of nitrogens with zero attached hydrogens (tertiary/aromatic N) is 1. The van der Waals surface area contributed by atoms with Crippen LogP contribution in [0, 0.1) is 5.92 Å². The molecule has 2 aromatic carbocycles. The van der Waals surface area contributed by atoms with Crippen LogP contribution in [0.25, 0.3) is 0 Å². The molecule has 1 aliphatic rings. The van der Waals surface area contributed by atoms with Crippen LogP contribution in [0.5, 0.6) is 17.2 Å². The summed E-state index contributed by atoms with van der Waals surface area (Å²) in [5.74, 6) is 0.925. The lowest BCUT2D eigenvalue weighted by molar-refractivity contribution is -0.120. The zero-order valence-electron chi connectivity index (χ0n) is 18.3. The Bertz CT molecular complexity index is 1050. The third-order valence-electron chi connectivity index (χ3n) is 5.33. The molecule has 0 saturated carbocycles. The van der Waals surface area contributed by atoms with Gasteiger partial charge in [-0.15, -0.1) is 0 Å². The van der Waals surface area contributed by atoms with Crippen LogP contribution in [0.15, 0.2) is 41.3 Å². The standard InChI is InChI=1S/C22H27ClN2O6S/c1-4-31-16-5-7-17(8-6-16)32(27,28)25-11-9-15(10-12-25)22(26)24-19-14-20(29-2)18(23)13-21(19)30-3/h5-8,13-15H,4,9-12H2,1-3H3,(H,24,26). The molecular weight excluding hydrogens is 456 g/mol. The zero-order valence-corrected chi connectivity index (χ0v) is 19.8. The molecule has 0 atom stereocenters. The summed E-state index contributed by atoms with van der Waals surface area (Å²) in [5, 5.41) is 3.22. The average molecular weight is 483 g/mol. The maximum Gasteiger partial charge on any atom is 0.243 e.